The predicted molar refractivity (Wildman–Crippen MR) is 50.0 cm³/mol. The van der Waals surface area contributed by atoms with Crippen LogP contribution in [0.4, 0.5) is 27.8 Å². The van der Waals surface area contributed by atoms with Gasteiger partial charge < -0.3 is 5.32 Å². The highest BCUT2D eigenvalue weighted by atomic mass is 19.4. The van der Waals surface area contributed by atoms with Crippen LogP contribution in [0.15, 0.2) is 12.3 Å². The normalized spacial score (nSPS) is 25.3. The first-order valence-corrected chi connectivity index (χ1v) is 4.98. The SMILES string of the molecule is C[C@@H]1C[C@@H](C(F)(F)C(F)(F)F)n2nccc2N1. The van der Waals surface area contributed by atoms with Crippen LogP contribution in [0, 0.1) is 0 Å². The molecular weight excluding hydrogens is 245 g/mol. The number of fused-ring (bicyclic) bond motifs is 1. The third-order valence-electron chi connectivity index (χ3n) is 2.73. The molecule has 0 aliphatic carbocycles. The Balaban J connectivity index is 2.41. The van der Waals surface area contributed by atoms with Gasteiger partial charge in [0.2, 0.25) is 0 Å². The Morgan fingerprint density at radius 1 is 1.35 bits per heavy atom. The van der Waals surface area contributed by atoms with E-state index in [9.17, 15) is 22.0 Å². The number of aromatic nitrogens is 2. The second kappa shape index (κ2) is 3.58. The second-order valence-electron chi connectivity index (χ2n) is 4.08. The molecule has 0 unspecified atom stereocenters. The van der Waals surface area contributed by atoms with Gasteiger partial charge in [0.05, 0.1) is 6.20 Å². The number of nitrogens with one attached hydrogen (secondary N) is 1. The largest absolute Gasteiger partial charge is 0.455 e. The van der Waals surface area contributed by atoms with Crippen molar-refractivity contribution in [3.8, 4) is 0 Å². The molecule has 2 heterocycles. The van der Waals surface area contributed by atoms with Crippen LogP contribution in [-0.2, 0) is 0 Å². The summed E-state index contributed by atoms with van der Waals surface area (Å²) in [5, 5.41) is 6.32. The van der Waals surface area contributed by atoms with Gasteiger partial charge in [0.25, 0.3) is 0 Å². The van der Waals surface area contributed by atoms with Crippen molar-refractivity contribution < 1.29 is 22.0 Å². The highest BCUT2D eigenvalue weighted by molar-refractivity contribution is 5.38. The Bertz CT molecular complexity index is 411. The molecule has 1 aromatic rings. The lowest BCUT2D eigenvalue weighted by atomic mass is 9.99. The van der Waals surface area contributed by atoms with Crippen molar-refractivity contribution >= 4 is 5.82 Å². The summed E-state index contributed by atoms with van der Waals surface area (Å²) in [6.07, 6.45) is -4.71. The van der Waals surface area contributed by atoms with Crippen LogP contribution in [-0.4, -0.2) is 27.9 Å². The topological polar surface area (TPSA) is 29.9 Å². The number of anilines is 1. The second-order valence-corrected chi connectivity index (χ2v) is 4.08. The van der Waals surface area contributed by atoms with Crippen LogP contribution in [0.1, 0.15) is 19.4 Å². The molecule has 2 rings (SSSR count). The standard InChI is InChI=1S/C9H10F5N3/c1-5-4-6(8(10,11)9(12,13)14)17-7(16-5)2-3-15-17/h2-3,5-6,16H,4H2,1H3/t5-,6+/m1/s1. The predicted octanol–water partition coefficient (Wildman–Crippen LogP) is 2.83. The summed E-state index contributed by atoms with van der Waals surface area (Å²) in [7, 11) is 0. The van der Waals surface area contributed by atoms with Crippen LogP contribution in [0.3, 0.4) is 0 Å². The summed E-state index contributed by atoms with van der Waals surface area (Å²) in [4.78, 5) is 0. The maximum Gasteiger partial charge on any atom is 0.455 e. The molecule has 0 aromatic carbocycles. The summed E-state index contributed by atoms with van der Waals surface area (Å²) in [6.45, 7) is 1.55. The molecular formula is C9H10F5N3. The highest BCUT2D eigenvalue weighted by Crippen LogP contribution is 2.47. The van der Waals surface area contributed by atoms with E-state index in [0.29, 0.717) is 4.68 Å². The molecule has 0 saturated heterocycles. The zero-order valence-corrected chi connectivity index (χ0v) is 8.80. The maximum absolute atomic E-state index is 13.3. The average Bonchev–Trinajstić information content (AvgIpc) is 2.61. The van der Waals surface area contributed by atoms with Crippen molar-refractivity contribution in [2.24, 2.45) is 0 Å². The van der Waals surface area contributed by atoms with Gasteiger partial charge in [0.1, 0.15) is 11.9 Å². The molecule has 96 valence electrons. The fraction of sp³-hybridized carbons (Fsp3) is 0.667. The lowest BCUT2D eigenvalue weighted by Gasteiger charge is -2.35. The van der Waals surface area contributed by atoms with E-state index in [-0.39, 0.29) is 12.2 Å². The number of alkyl halides is 5. The van der Waals surface area contributed by atoms with E-state index in [1.54, 1.807) is 6.92 Å². The van der Waals surface area contributed by atoms with Crippen molar-refractivity contribution in [2.75, 3.05) is 5.32 Å². The van der Waals surface area contributed by atoms with Crippen molar-refractivity contribution in [3.63, 3.8) is 0 Å². The fourth-order valence-corrected chi connectivity index (χ4v) is 1.91. The number of rotatable bonds is 1. The number of halogens is 5. The van der Waals surface area contributed by atoms with Gasteiger partial charge in [-0.3, -0.25) is 0 Å². The van der Waals surface area contributed by atoms with E-state index in [1.807, 2.05) is 0 Å². The Labute approximate surface area is 93.6 Å². The van der Waals surface area contributed by atoms with E-state index in [2.05, 4.69) is 10.4 Å². The molecule has 0 bridgehead atoms. The minimum atomic E-state index is -5.57. The van der Waals surface area contributed by atoms with Gasteiger partial charge in [-0.2, -0.15) is 27.1 Å². The quantitative estimate of drug-likeness (QED) is 0.782. The van der Waals surface area contributed by atoms with E-state index in [0.717, 1.165) is 0 Å². The van der Waals surface area contributed by atoms with E-state index >= 15 is 0 Å². The van der Waals surface area contributed by atoms with Crippen LogP contribution in [0.25, 0.3) is 0 Å². The molecule has 0 fully saturated rings. The summed E-state index contributed by atoms with van der Waals surface area (Å²) in [6, 6.07) is -1.09. The first-order valence-electron chi connectivity index (χ1n) is 4.98. The van der Waals surface area contributed by atoms with Crippen LogP contribution < -0.4 is 5.32 Å². The van der Waals surface area contributed by atoms with Crippen LogP contribution >= 0.6 is 0 Å². The Kier molecular flexibility index (Phi) is 2.55. The van der Waals surface area contributed by atoms with Gasteiger partial charge in [0.15, 0.2) is 0 Å². The van der Waals surface area contributed by atoms with E-state index < -0.39 is 24.2 Å². The zero-order valence-electron chi connectivity index (χ0n) is 8.80. The average molecular weight is 255 g/mol. The lowest BCUT2D eigenvalue weighted by Crippen LogP contribution is -2.48. The van der Waals surface area contributed by atoms with Gasteiger partial charge in [-0.1, -0.05) is 0 Å². The van der Waals surface area contributed by atoms with Gasteiger partial charge in [-0.25, -0.2) is 4.68 Å². The Morgan fingerprint density at radius 3 is 2.59 bits per heavy atom. The molecule has 2 atom stereocenters. The summed E-state index contributed by atoms with van der Waals surface area (Å²) in [5.41, 5.74) is 0. The maximum atomic E-state index is 13.3. The fourth-order valence-electron chi connectivity index (χ4n) is 1.91. The molecule has 8 heteroatoms. The molecule has 1 N–H and O–H groups in total. The highest BCUT2D eigenvalue weighted by Gasteiger charge is 2.64. The molecule has 1 aliphatic rings. The minimum Gasteiger partial charge on any atom is -0.368 e. The van der Waals surface area contributed by atoms with Gasteiger partial charge in [-0.05, 0) is 13.3 Å². The molecule has 17 heavy (non-hydrogen) atoms. The third kappa shape index (κ3) is 1.85. The summed E-state index contributed by atoms with van der Waals surface area (Å²) >= 11 is 0. The summed E-state index contributed by atoms with van der Waals surface area (Å²) in [5.74, 6) is -4.61. The molecule has 0 radical (unpaired) electrons. The molecule has 1 aromatic heterocycles. The Morgan fingerprint density at radius 2 is 2.00 bits per heavy atom. The molecule has 0 saturated carbocycles. The number of nitrogens with zero attached hydrogens (tertiary/aromatic N) is 2. The Hall–Kier alpha value is -1.34. The smallest absolute Gasteiger partial charge is 0.368 e. The molecule has 3 nitrogen and oxygen atoms in total. The third-order valence-corrected chi connectivity index (χ3v) is 2.73. The van der Waals surface area contributed by atoms with Crippen molar-refractivity contribution in [3.05, 3.63) is 12.3 Å². The van der Waals surface area contributed by atoms with Gasteiger partial charge >= 0.3 is 12.1 Å². The minimum absolute atomic E-state index is 0.178. The van der Waals surface area contributed by atoms with Crippen LogP contribution in [0.5, 0.6) is 0 Å². The van der Waals surface area contributed by atoms with Gasteiger partial charge in [-0.15, -0.1) is 0 Å². The summed E-state index contributed by atoms with van der Waals surface area (Å²) < 4.78 is 64.4. The lowest BCUT2D eigenvalue weighted by molar-refractivity contribution is -0.301. The molecule has 1 aliphatic heterocycles. The first-order chi connectivity index (χ1) is 7.73. The van der Waals surface area contributed by atoms with E-state index in [1.165, 1.54) is 12.3 Å². The molecule has 0 amide bonds. The number of hydrogen-bond donors (Lipinski definition) is 1. The van der Waals surface area contributed by atoms with Crippen molar-refractivity contribution in [1.82, 2.24) is 9.78 Å². The van der Waals surface area contributed by atoms with Crippen LogP contribution in [0.2, 0.25) is 0 Å². The first kappa shape index (κ1) is 12.1. The van der Waals surface area contributed by atoms with Gasteiger partial charge in [0, 0.05) is 12.1 Å². The van der Waals surface area contributed by atoms with Crippen molar-refractivity contribution in [1.29, 1.82) is 0 Å². The zero-order chi connectivity index (χ0) is 12.8. The van der Waals surface area contributed by atoms with E-state index in [4.69, 9.17) is 0 Å². The molecule has 0 spiro atoms. The van der Waals surface area contributed by atoms with Crippen molar-refractivity contribution in [2.45, 2.75) is 37.5 Å². The number of hydrogen-bond acceptors (Lipinski definition) is 2. The monoisotopic (exact) mass is 255 g/mol.